The molecule has 0 aliphatic heterocycles. The zero-order valence-corrected chi connectivity index (χ0v) is 11.4. The number of carbonyl (C=O) groups is 1. The van der Waals surface area contributed by atoms with Gasteiger partial charge in [0.25, 0.3) is 0 Å². The van der Waals surface area contributed by atoms with E-state index in [1.807, 2.05) is 37.3 Å². The average Bonchev–Trinajstić information content (AvgIpc) is 2.36. The first kappa shape index (κ1) is 14.7. The lowest BCUT2D eigenvalue weighted by molar-refractivity contribution is -0.139. The van der Waals surface area contributed by atoms with Crippen LogP contribution in [0, 0.1) is 5.92 Å². The predicted octanol–water partition coefficient (Wildman–Crippen LogP) is 3.23. The molecular formula is C15H23NO2. The Morgan fingerprint density at radius 1 is 1.28 bits per heavy atom. The molecule has 0 aliphatic carbocycles. The molecule has 2 N–H and O–H groups in total. The monoisotopic (exact) mass is 249 g/mol. The van der Waals surface area contributed by atoms with Crippen molar-refractivity contribution < 1.29 is 9.90 Å². The first-order valence-electron chi connectivity index (χ1n) is 6.58. The Kier molecular flexibility index (Phi) is 5.86. The summed E-state index contributed by atoms with van der Waals surface area (Å²) in [4.78, 5) is 11.3. The highest BCUT2D eigenvalue weighted by Gasteiger charge is 2.21. The molecule has 100 valence electrons. The van der Waals surface area contributed by atoms with Crippen molar-refractivity contribution in [3.8, 4) is 0 Å². The molecule has 0 fully saturated rings. The standard InChI is InChI=1S/C15H23NO2/c1-4-11(2)10-12(3)16-14(15(17)18)13-8-6-5-7-9-13/h5-9,11-12,14,16H,4,10H2,1-3H3,(H,17,18). The van der Waals surface area contributed by atoms with Gasteiger partial charge in [0.15, 0.2) is 0 Å². The number of rotatable bonds is 7. The van der Waals surface area contributed by atoms with Crippen LogP contribution < -0.4 is 5.32 Å². The van der Waals surface area contributed by atoms with E-state index in [9.17, 15) is 9.90 Å². The summed E-state index contributed by atoms with van der Waals surface area (Å²) in [5.74, 6) is -0.213. The number of carboxylic acids is 1. The second kappa shape index (κ2) is 7.17. The van der Waals surface area contributed by atoms with Crippen molar-refractivity contribution in [3.05, 3.63) is 35.9 Å². The molecule has 0 saturated carbocycles. The van der Waals surface area contributed by atoms with Crippen molar-refractivity contribution in [2.45, 2.75) is 45.7 Å². The average molecular weight is 249 g/mol. The molecule has 1 aromatic carbocycles. The van der Waals surface area contributed by atoms with Gasteiger partial charge in [-0.1, -0.05) is 50.6 Å². The van der Waals surface area contributed by atoms with Crippen LogP contribution in [-0.2, 0) is 4.79 Å². The van der Waals surface area contributed by atoms with Gasteiger partial charge in [0.1, 0.15) is 6.04 Å². The van der Waals surface area contributed by atoms with E-state index in [4.69, 9.17) is 0 Å². The summed E-state index contributed by atoms with van der Waals surface area (Å²) in [7, 11) is 0. The lowest BCUT2D eigenvalue weighted by Crippen LogP contribution is -2.36. The van der Waals surface area contributed by atoms with Crippen LogP contribution in [0.2, 0.25) is 0 Å². The Hall–Kier alpha value is -1.35. The molecule has 0 heterocycles. The normalized spacial score (nSPS) is 15.9. The Morgan fingerprint density at radius 3 is 2.39 bits per heavy atom. The van der Waals surface area contributed by atoms with Crippen LogP contribution in [0.3, 0.4) is 0 Å². The van der Waals surface area contributed by atoms with Crippen LogP contribution in [-0.4, -0.2) is 17.1 Å². The second-order valence-electron chi connectivity index (χ2n) is 5.00. The molecule has 3 unspecified atom stereocenters. The molecule has 0 radical (unpaired) electrons. The third kappa shape index (κ3) is 4.49. The maximum atomic E-state index is 11.3. The maximum Gasteiger partial charge on any atom is 0.325 e. The molecule has 0 aromatic heterocycles. The van der Waals surface area contributed by atoms with Gasteiger partial charge in [-0.15, -0.1) is 0 Å². The van der Waals surface area contributed by atoms with Gasteiger partial charge in [0.2, 0.25) is 0 Å². The molecule has 0 bridgehead atoms. The van der Waals surface area contributed by atoms with Crippen molar-refractivity contribution in [2.24, 2.45) is 5.92 Å². The van der Waals surface area contributed by atoms with Crippen molar-refractivity contribution in [1.82, 2.24) is 5.32 Å². The van der Waals surface area contributed by atoms with Crippen LogP contribution in [0.5, 0.6) is 0 Å². The molecular weight excluding hydrogens is 226 g/mol. The lowest BCUT2D eigenvalue weighted by atomic mass is 9.98. The number of benzene rings is 1. The molecule has 1 rings (SSSR count). The fourth-order valence-corrected chi connectivity index (χ4v) is 2.08. The van der Waals surface area contributed by atoms with E-state index < -0.39 is 12.0 Å². The topological polar surface area (TPSA) is 49.3 Å². The van der Waals surface area contributed by atoms with Crippen molar-refractivity contribution in [2.75, 3.05) is 0 Å². The largest absolute Gasteiger partial charge is 0.480 e. The molecule has 1 aromatic rings. The van der Waals surface area contributed by atoms with Gasteiger partial charge in [-0.05, 0) is 24.8 Å². The molecule has 3 heteroatoms. The highest BCUT2D eigenvalue weighted by atomic mass is 16.4. The maximum absolute atomic E-state index is 11.3. The summed E-state index contributed by atoms with van der Waals surface area (Å²) in [5.41, 5.74) is 0.806. The highest BCUT2D eigenvalue weighted by Crippen LogP contribution is 2.16. The number of carboxylic acid groups (broad SMARTS) is 1. The summed E-state index contributed by atoms with van der Waals surface area (Å²) in [6.45, 7) is 6.39. The molecule has 3 atom stereocenters. The summed E-state index contributed by atoms with van der Waals surface area (Å²) in [5, 5.41) is 12.5. The minimum atomic E-state index is -0.822. The van der Waals surface area contributed by atoms with Gasteiger partial charge in [-0.3, -0.25) is 10.1 Å². The molecule has 18 heavy (non-hydrogen) atoms. The van der Waals surface area contributed by atoms with Crippen LogP contribution in [0.1, 0.15) is 45.2 Å². The van der Waals surface area contributed by atoms with Gasteiger partial charge in [0, 0.05) is 6.04 Å². The van der Waals surface area contributed by atoms with Crippen molar-refractivity contribution in [3.63, 3.8) is 0 Å². The van der Waals surface area contributed by atoms with E-state index in [1.165, 1.54) is 0 Å². The molecule has 0 aliphatic rings. The molecule has 0 amide bonds. The minimum absolute atomic E-state index is 0.196. The summed E-state index contributed by atoms with van der Waals surface area (Å²) in [6.07, 6.45) is 2.11. The Morgan fingerprint density at radius 2 is 1.89 bits per heavy atom. The van der Waals surface area contributed by atoms with E-state index in [-0.39, 0.29) is 6.04 Å². The number of nitrogens with one attached hydrogen (secondary N) is 1. The fraction of sp³-hybridized carbons (Fsp3) is 0.533. The lowest BCUT2D eigenvalue weighted by Gasteiger charge is -2.22. The van der Waals surface area contributed by atoms with Crippen molar-refractivity contribution in [1.29, 1.82) is 0 Å². The smallest absolute Gasteiger partial charge is 0.325 e. The van der Waals surface area contributed by atoms with E-state index in [0.29, 0.717) is 5.92 Å². The molecule has 0 saturated heterocycles. The van der Waals surface area contributed by atoms with Gasteiger partial charge in [-0.25, -0.2) is 0 Å². The van der Waals surface area contributed by atoms with Crippen LogP contribution in [0.4, 0.5) is 0 Å². The van der Waals surface area contributed by atoms with Crippen LogP contribution in [0.15, 0.2) is 30.3 Å². The van der Waals surface area contributed by atoms with Crippen LogP contribution >= 0.6 is 0 Å². The number of hydrogen-bond acceptors (Lipinski definition) is 2. The fourth-order valence-electron chi connectivity index (χ4n) is 2.08. The van der Waals surface area contributed by atoms with E-state index in [1.54, 1.807) is 0 Å². The molecule has 0 spiro atoms. The SMILES string of the molecule is CCC(C)CC(C)NC(C(=O)O)c1ccccc1. The van der Waals surface area contributed by atoms with Gasteiger partial charge < -0.3 is 5.11 Å². The van der Waals surface area contributed by atoms with Gasteiger partial charge in [0.05, 0.1) is 0 Å². The quantitative estimate of drug-likeness (QED) is 0.780. The number of aliphatic carboxylic acids is 1. The van der Waals surface area contributed by atoms with Crippen molar-refractivity contribution >= 4 is 5.97 Å². The van der Waals surface area contributed by atoms with E-state index in [2.05, 4.69) is 19.2 Å². The number of hydrogen-bond donors (Lipinski definition) is 2. The zero-order valence-electron chi connectivity index (χ0n) is 11.4. The Labute approximate surface area is 109 Å². The minimum Gasteiger partial charge on any atom is -0.480 e. The third-order valence-electron chi connectivity index (χ3n) is 3.28. The first-order chi connectivity index (χ1) is 8.54. The van der Waals surface area contributed by atoms with E-state index in [0.717, 1.165) is 18.4 Å². The second-order valence-corrected chi connectivity index (χ2v) is 5.00. The van der Waals surface area contributed by atoms with Crippen LogP contribution in [0.25, 0.3) is 0 Å². The third-order valence-corrected chi connectivity index (χ3v) is 3.28. The molecule has 3 nitrogen and oxygen atoms in total. The summed E-state index contributed by atoms with van der Waals surface area (Å²) in [6, 6.07) is 8.90. The van der Waals surface area contributed by atoms with Gasteiger partial charge in [-0.2, -0.15) is 0 Å². The Balaban J connectivity index is 2.67. The zero-order chi connectivity index (χ0) is 13.5. The van der Waals surface area contributed by atoms with E-state index >= 15 is 0 Å². The Bertz CT molecular complexity index is 364. The predicted molar refractivity (Wildman–Crippen MR) is 73.5 cm³/mol. The highest BCUT2D eigenvalue weighted by molar-refractivity contribution is 5.75. The summed E-state index contributed by atoms with van der Waals surface area (Å²) >= 11 is 0. The first-order valence-corrected chi connectivity index (χ1v) is 6.58. The van der Waals surface area contributed by atoms with Gasteiger partial charge >= 0.3 is 5.97 Å². The summed E-state index contributed by atoms with van der Waals surface area (Å²) < 4.78 is 0.